The molecule has 0 bridgehead atoms. The van der Waals surface area contributed by atoms with E-state index in [1.807, 2.05) is 26.8 Å². The number of esters is 1. The predicted octanol–water partition coefficient (Wildman–Crippen LogP) is 3.22. The van der Waals surface area contributed by atoms with Crippen molar-refractivity contribution < 1.29 is 9.53 Å². The highest BCUT2D eigenvalue weighted by Crippen LogP contribution is 2.35. The fraction of sp³-hybridized carbons (Fsp3) is 0.692. The van der Waals surface area contributed by atoms with Crippen molar-refractivity contribution in [3.05, 3.63) is 11.6 Å². The van der Waals surface area contributed by atoms with Gasteiger partial charge in [-0.3, -0.25) is 0 Å². The van der Waals surface area contributed by atoms with Crippen molar-refractivity contribution in [3.63, 3.8) is 0 Å². The summed E-state index contributed by atoms with van der Waals surface area (Å²) in [6.45, 7) is 7.85. The number of rotatable bonds is 6. The summed E-state index contributed by atoms with van der Waals surface area (Å²) < 4.78 is 5.03. The monoisotopic (exact) mass is 223 g/mol. The molecule has 0 saturated heterocycles. The van der Waals surface area contributed by atoms with E-state index in [1.165, 1.54) is 0 Å². The molecule has 0 aliphatic heterocycles. The van der Waals surface area contributed by atoms with Gasteiger partial charge in [-0.2, -0.15) is 5.26 Å². The van der Waals surface area contributed by atoms with Crippen LogP contribution in [0.5, 0.6) is 0 Å². The predicted molar refractivity (Wildman–Crippen MR) is 63.6 cm³/mol. The Bertz CT molecular complexity index is 302. The minimum atomic E-state index is -1.08. The molecule has 90 valence electrons. The lowest BCUT2D eigenvalue weighted by atomic mass is 9.76. The average Bonchev–Trinajstić information content (AvgIpc) is 2.29. The molecule has 3 nitrogen and oxygen atoms in total. The van der Waals surface area contributed by atoms with E-state index in [1.54, 1.807) is 6.92 Å². The van der Waals surface area contributed by atoms with Gasteiger partial charge in [0.2, 0.25) is 0 Å². The molecule has 0 aromatic carbocycles. The summed E-state index contributed by atoms with van der Waals surface area (Å²) in [6.07, 6.45) is 3.86. The molecule has 0 aliphatic rings. The number of nitriles is 1. The van der Waals surface area contributed by atoms with E-state index in [4.69, 9.17) is 4.74 Å². The molecule has 1 atom stereocenters. The number of hydrogen-bond donors (Lipinski definition) is 0. The maximum absolute atomic E-state index is 12.0. The first-order valence-electron chi connectivity index (χ1n) is 5.86. The third kappa shape index (κ3) is 2.85. The van der Waals surface area contributed by atoms with E-state index in [-0.39, 0.29) is 0 Å². The Morgan fingerprint density at radius 1 is 1.44 bits per heavy atom. The summed E-state index contributed by atoms with van der Waals surface area (Å²) >= 11 is 0. The van der Waals surface area contributed by atoms with Crippen molar-refractivity contribution in [2.45, 2.75) is 47.0 Å². The van der Waals surface area contributed by atoms with E-state index >= 15 is 0 Å². The van der Waals surface area contributed by atoms with Crippen LogP contribution in [0, 0.1) is 16.7 Å². The van der Waals surface area contributed by atoms with Gasteiger partial charge in [-0.25, -0.2) is 4.79 Å². The second-order valence-corrected chi connectivity index (χ2v) is 3.66. The van der Waals surface area contributed by atoms with Crippen LogP contribution in [0.3, 0.4) is 0 Å². The Kier molecular flexibility index (Phi) is 6.48. The van der Waals surface area contributed by atoms with Crippen molar-refractivity contribution in [1.82, 2.24) is 0 Å². The maximum Gasteiger partial charge on any atom is 0.330 e. The second-order valence-electron chi connectivity index (χ2n) is 3.66. The average molecular weight is 223 g/mol. The van der Waals surface area contributed by atoms with Crippen LogP contribution < -0.4 is 0 Å². The summed E-state index contributed by atoms with van der Waals surface area (Å²) in [5.74, 6) is -0.408. The molecule has 0 saturated carbocycles. The lowest BCUT2D eigenvalue weighted by molar-refractivity contribution is -0.150. The van der Waals surface area contributed by atoms with E-state index < -0.39 is 11.4 Å². The van der Waals surface area contributed by atoms with Crippen molar-refractivity contribution in [3.8, 4) is 6.07 Å². The first kappa shape index (κ1) is 14.7. The van der Waals surface area contributed by atoms with E-state index in [0.29, 0.717) is 19.4 Å². The second kappa shape index (κ2) is 7.05. The molecular formula is C13H21NO2. The SMILES string of the molecule is C/C=C(\CC)[C@@](C#N)(CCC)C(=O)OCC. The zero-order valence-corrected chi connectivity index (χ0v) is 10.7. The topological polar surface area (TPSA) is 50.1 Å². The Labute approximate surface area is 98.1 Å². The smallest absolute Gasteiger partial charge is 0.330 e. The molecule has 0 aromatic rings. The number of allylic oxidation sites excluding steroid dienone is 1. The van der Waals surface area contributed by atoms with Crippen LogP contribution in [0.2, 0.25) is 0 Å². The Morgan fingerprint density at radius 3 is 2.38 bits per heavy atom. The normalized spacial score (nSPS) is 15.1. The van der Waals surface area contributed by atoms with Gasteiger partial charge in [-0.05, 0) is 32.3 Å². The molecule has 3 heteroatoms. The van der Waals surface area contributed by atoms with Crippen molar-refractivity contribution in [1.29, 1.82) is 5.26 Å². The molecule has 0 radical (unpaired) electrons. The molecule has 0 amide bonds. The Hall–Kier alpha value is -1.30. The van der Waals surface area contributed by atoms with Crippen LogP contribution in [0.1, 0.15) is 47.0 Å². The third-order valence-corrected chi connectivity index (χ3v) is 2.72. The number of ether oxygens (including phenoxy) is 1. The molecule has 0 heterocycles. The van der Waals surface area contributed by atoms with Crippen LogP contribution in [-0.2, 0) is 9.53 Å². The molecule has 0 N–H and O–H groups in total. The summed E-state index contributed by atoms with van der Waals surface area (Å²) in [5.41, 5.74) is -0.218. The molecule has 16 heavy (non-hydrogen) atoms. The lowest BCUT2D eigenvalue weighted by Crippen LogP contribution is -2.33. The van der Waals surface area contributed by atoms with E-state index in [0.717, 1.165) is 12.0 Å². The van der Waals surface area contributed by atoms with Gasteiger partial charge in [-0.1, -0.05) is 26.3 Å². The van der Waals surface area contributed by atoms with Gasteiger partial charge < -0.3 is 4.74 Å². The summed E-state index contributed by atoms with van der Waals surface area (Å²) in [5, 5.41) is 9.35. The summed E-state index contributed by atoms with van der Waals surface area (Å²) in [7, 11) is 0. The lowest BCUT2D eigenvalue weighted by Gasteiger charge is -2.26. The van der Waals surface area contributed by atoms with Crippen LogP contribution in [-0.4, -0.2) is 12.6 Å². The van der Waals surface area contributed by atoms with Crippen molar-refractivity contribution >= 4 is 5.97 Å². The van der Waals surface area contributed by atoms with Gasteiger partial charge in [0.05, 0.1) is 12.7 Å². The minimum absolute atomic E-state index is 0.312. The van der Waals surface area contributed by atoms with E-state index in [9.17, 15) is 10.1 Å². The first-order valence-corrected chi connectivity index (χ1v) is 5.86. The van der Waals surface area contributed by atoms with Crippen molar-refractivity contribution in [2.75, 3.05) is 6.61 Å². The highest BCUT2D eigenvalue weighted by Gasteiger charge is 2.42. The quantitative estimate of drug-likeness (QED) is 0.513. The van der Waals surface area contributed by atoms with Crippen LogP contribution in [0.25, 0.3) is 0 Å². The molecular weight excluding hydrogens is 202 g/mol. The van der Waals surface area contributed by atoms with Crippen LogP contribution >= 0.6 is 0 Å². The standard InChI is InChI=1S/C13H21NO2/c1-5-9-13(10-14,11(6-2)7-3)12(15)16-8-4/h6H,5,7-9H2,1-4H3/b11-6+/t13-/m0/s1. The van der Waals surface area contributed by atoms with Gasteiger partial charge in [0.25, 0.3) is 0 Å². The van der Waals surface area contributed by atoms with Gasteiger partial charge in [0, 0.05) is 0 Å². The summed E-state index contributed by atoms with van der Waals surface area (Å²) in [4.78, 5) is 12.0. The molecule has 0 aromatic heterocycles. The largest absolute Gasteiger partial charge is 0.465 e. The maximum atomic E-state index is 12.0. The van der Waals surface area contributed by atoms with Gasteiger partial charge in [-0.15, -0.1) is 0 Å². The third-order valence-electron chi connectivity index (χ3n) is 2.72. The van der Waals surface area contributed by atoms with Gasteiger partial charge >= 0.3 is 5.97 Å². The first-order chi connectivity index (χ1) is 7.62. The Morgan fingerprint density at radius 2 is 2.06 bits per heavy atom. The van der Waals surface area contributed by atoms with Gasteiger partial charge in [0.1, 0.15) is 0 Å². The number of carbonyl (C=O) groups is 1. The highest BCUT2D eigenvalue weighted by atomic mass is 16.5. The Balaban J connectivity index is 5.32. The number of nitrogens with zero attached hydrogens (tertiary/aromatic N) is 1. The van der Waals surface area contributed by atoms with Crippen LogP contribution in [0.15, 0.2) is 11.6 Å². The zero-order chi connectivity index (χ0) is 12.6. The van der Waals surface area contributed by atoms with Crippen LogP contribution in [0.4, 0.5) is 0 Å². The van der Waals surface area contributed by atoms with E-state index in [2.05, 4.69) is 6.07 Å². The molecule has 0 fully saturated rings. The zero-order valence-electron chi connectivity index (χ0n) is 10.7. The van der Waals surface area contributed by atoms with Crippen molar-refractivity contribution in [2.24, 2.45) is 5.41 Å². The number of carbonyl (C=O) groups excluding carboxylic acids is 1. The number of hydrogen-bond acceptors (Lipinski definition) is 3. The van der Waals surface area contributed by atoms with Gasteiger partial charge in [0.15, 0.2) is 5.41 Å². The molecule has 0 rings (SSSR count). The fourth-order valence-electron chi connectivity index (χ4n) is 1.95. The summed E-state index contributed by atoms with van der Waals surface area (Å²) in [6, 6.07) is 2.16. The highest BCUT2D eigenvalue weighted by molar-refractivity contribution is 5.84. The molecule has 0 spiro atoms. The molecule has 0 unspecified atom stereocenters. The minimum Gasteiger partial charge on any atom is -0.465 e. The molecule has 0 aliphatic carbocycles. The fourth-order valence-corrected chi connectivity index (χ4v) is 1.95.